The number of halogens is 3. The van der Waals surface area contributed by atoms with Gasteiger partial charge in [0.1, 0.15) is 0 Å². The molecule has 0 spiro atoms. The highest BCUT2D eigenvalue weighted by atomic mass is 35.5. The summed E-state index contributed by atoms with van der Waals surface area (Å²) in [5.74, 6) is -2.78. The fourth-order valence-corrected chi connectivity index (χ4v) is 1.55. The third kappa shape index (κ3) is 2.46. The predicted octanol–water partition coefficient (Wildman–Crippen LogP) is 3.27. The standard InChI is InChI=1S/C12H7ClF2N2O/c13-8-6-16-5-4-7(8)12(18)17-10-3-1-2-9(14)11(10)15/h1-6H,(H,17,18). The first-order valence-electron chi connectivity index (χ1n) is 4.94. The zero-order chi connectivity index (χ0) is 13.1. The van der Waals surface area contributed by atoms with Gasteiger partial charge in [-0.2, -0.15) is 0 Å². The summed E-state index contributed by atoms with van der Waals surface area (Å²) in [5.41, 5.74) is -0.108. The van der Waals surface area contributed by atoms with Gasteiger partial charge in [-0.05, 0) is 18.2 Å². The van der Waals surface area contributed by atoms with Crippen LogP contribution in [0.2, 0.25) is 5.02 Å². The zero-order valence-corrected chi connectivity index (χ0v) is 9.71. The van der Waals surface area contributed by atoms with Gasteiger partial charge in [0.25, 0.3) is 5.91 Å². The highest BCUT2D eigenvalue weighted by Gasteiger charge is 2.14. The van der Waals surface area contributed by atoms with E-state index < -0.39 is 17.5 Å². The van der Waals surface area contributed by atoms with E-state index >= 15 is 0 Å². The Balaban J connectivity index is 2.27. The molecule has 1 heterocycles. The minimum atomic E-state index is -1.11. The molecule has 2 rings (SSSR count). The normalized spacial score (nSPS) is 10.2. The average Bonchev–Trinajstić information content (AvgIpc) is 2.35. The SMILES string of the molecule is O=C(Nc1cccc(F)c1F)c1ccncc1Cl. The molecule has 3 nitrogen and oxygen atoms in total. The third-order valence-electron chi connectivity index (χ3n) is 2.22. The molecule has 0 saturated heterocycles. The molecule has 0 unspecified atom stereocenters. The molecule has 0 bridgehead atoms. The summed E-state index contributed by atoms with van der Waals surface area (Å²) >= 11 is 5.77. The fourth-order valence-electron chi connectivity index (χ4n) is 1.35. The quantitative estimate of drug-likeness (QED) is 0.908. The second-order valence-electron chi connectivity index (χ2n) is 3.41. The molecule has 0 fully saturated rings. The van der Waals surface area contributed by atoms with Crippen LogP contribution in [0, 0.1) is 11.6 Å². The molecule has 1 N–H and O–H groups in total. The van der Waals surface area contributed by atoms with Crippen molar-refractivity contribution in [1.82, 2.24) is 4.98 Å². The largest absolute Gasteiger partial charge is 0.319 e. The monoisotopic (exact) mass is 268 g/mol. The Morgan fingerprint density at radius 3 is 2.78 bits per heavy atom. The smallest absolute Gasteiger partial charge is 0.257 e. The van der Waals surface area contributed by atoms with Gasteiger partial charge in [0.05, 0.1) is 16.3 Å². The summed E-state index contributed by atoms with van der Waals surface area (Å²) in [6.45, 7) is 0. The first kappa shape index (κ1) is 12.4. The lowest BCUT2D eigenvalue weighted by molar-refractivity contribution is 0.102. The maximum Gasteiger partial charge on any atom is 0.257 e. The summed E-state index contributed by atoms with van der Waals surface area (Å²) in [4.78, 5) is 15.5. The van der Waals surface area contributed by atoms with Crippen LogP contribution in [0.15, 0.2) is 36.7 Å². The summed E-state index contributed by atoms with van der Waals surface area (Å²) in [6, 6.07) is 4.90. The lowest BCUT2D eigenvalue weighted by Gasteiger charge is -2.07. The number of anilines is 1. The fraction of sp³-hybridized carbons (Fsp3) is 0. The van der Waals surface area contributed by atoms with Crippen molar-refractivity contribution in [2.75, 3.05) is 5.32 Å². The Bertz CT molecular complexity index is 604. The highest BCUT2D eigenvalue weighted by Crippen LogP contribution is 2.19. The van der Waals surface area contributed by atoms with E-state index in [4.69, 9.17) is 11.6 Å². The van der Waals surface area contributed by atoms with E-state index in [-0.39, 0.29) is 16.3 Å². The number of hydrogen-bond acceptors (Lipinski definition) is 2. The molecular formula is C12H7ClF2N2O. The number of nitrogens with zero attached hydrogens (tertiary/aromatic N) is 1. The van der Waals surface area contributed by atoms with E-state index in [1.807, 2.05) is 0 Å². The van der Waals surface area contributed by atoms with Crippen LogP contribution >= 0.6 is 11.6 Å². The van der Waals surface area contributed by atoms with Crippen LogP contribution < -0.4 is 5.32 Å². The number of pyridine rings is 1. The summed E-state index contributed by atoms with van der Waals surface area (Å²) in [7, 11) is 0. The maximum atomic E-state index is 13.3. The van der Waals surface area contributed by atoms with Crippen molar-refractivity contribution in [3.8, 4) is 0 Å². The number of hydrogen-bond donors (Lipinski definition) is 1. The van der Waals surface area contributed by atoms with Crippen molar-refractivity contribution < 1.29 is 13.6 Å². The molecule has 0 atom stereocenters. The van der Waals surface area contributed by atoms with E-state index in [9.17, 15) is 13.6 Å². The Hall–Kier alpha value is -2.01. The number of carbonyl (C=O) groups is 1. The van der Waals surface area contributed by atoms with Crippen LogP contribution in [0.3, 0.4) is 0 Å². The van der Waals surface area contributed by atoms with Crippen molar-refractivity contribution >= 4 is 23.2 Å². The maximum absolute atomic E-state index is 13.3. The van der Waals surface area contributed by atoms with E-state index in [2.05, 4.69) is 10.3 Å². The van der Waals surface area contributed by atoms with Crippen LogP contribution in [0.1, 0.15) is 10.4 Å². The Kier molecular flexibility index (Phi) is 3.53. The first-order valence-corrected chi connectivity index (χ1v) is 5.32. The van der Waals surface area contributed by atoms with Gasteiger partial charge in [-0.1, -0.05) is 17.7 Å². The second-order valence-corrected chi connectivity index (χ2v) is 3.82. The summed E-state index contributed by atoms with van der Waals surface area (Å²) in [6.07, 6.45) is 2.67. The van der Waals surface area contributed by atoms with E-state index in [0.29, 0.717) is 0 Å². The number of rotatable bonds is 2. The second kappa shape index (κ2) is 5.10. The third-order valence-corrected chi connectivity index (χ3v) is 2.52. The number of aromatic nitrogens is 1. The van der Waals surface area contributed by atoms with Gasteiger partial charge in [0, 0.05) is 12.4 Å². The van der Waals surface area contributed by atoms with Gasteiger partial charge in [0.2, 0.25) is 0 Å². The van der Waals surface area contributed by atoms with Crippen molar-refractivity contribution in [1.29, 1.82) is 0 Å². The molecule has 2 aromatic rings. The van der Waals surface area contributed by atoms with E-state index in [0.717, 1.165) is 6.07 Å². The molecule has 92 valence electrons. The van der Waals surface area contributed by atoms with Crippen LogP contribution in [0.5, 0.6) is 0 Å². The van der Waals surface area contributed by atoms with Gasteiger partial charge in [-0.15, -0.1) is 0 Å². The Morgan fingerprint density at radius 2 is 2.06 bits per heavy atom. The number of nitrogens with one attached hydrogen (secondary N) is 1. The molecular weight excluding hydrogens is 262 g/mol. The lowest BCUT2D eigenvalue weighted by Crippen LogP contribution is -2.14. The molecule has 0 saturated carbocycles. The van der Waals surface area contributed by atoms with Gasteiger partial charge in [-0.25, -0.2) is 8.78 Å². The van der Waals surface area contributed by atoms with Gasteiger partial charge in [-0.3, -0.25) is 9.78 Å². The molecule has 1 aromatic heterocycles. The molecule has 0 aliphatic heterocycles. The zero-order valence-electron chi connectivity index (χ0n) is 8.95. The molecule has 1 amide bonds. The van der Waals surface area contributed by atoms with E-state index in [1.54, 1.807) is 0 Å². The van der Waals surface area contributed by atoms with Gasteiger partial charge < -0.3 is 5.32 Å². The van der Waals surface area contributed by atoms with Crippen molar-refractivity contribution in [3.63, 3.8) is 0 Å². The van der Waals surface area contributed by atoms with Crippen molar-refractivity contribution in [2.45, 2.75) is 0 Å². The Morgan fingerprint density at radius 1 is 1.28 bits per heavy atom. The first-order chi connectivity index (χ1) is 8.59. The number of carbonyl (C=O) groups excluding carboxylic acids is 1. The molecule has 0 radical (unpaired) electrons. The molecule has 0 aliphatic carbocycles. The minimum Gasteiger partial charge on any atom is -0.319 e. The van der Waals surface area contributed by atoms with Crippen LogP contribution in [-0.2, 0) is 0 Å². The number of amides is 1. The molecule has 0 aliphatic rings. The average molecular weight is 269 g/mol. The van der Waals surface area contributed by atoms with Crippen molar-refractivity contribution in [2.24, 2.45) is 0 Å². The molecule has 18 heavy (non-hydrogen) atoms. The van der Waals surface area contributed by atoms with Gasteiger partial charge in [0.15, 0.2) is 11.6 Å². The van der Waals surface area contributed by atoms with Gasteiger partial charge >= 0.3 is 0 Å². The molecule has 6 heteroatoms. The topological polar surface area (TPSA) is 42.0 Å². The molecule has 1 aromatic carbocycles. The van der Waals surface area contributed by atoms with Crippen LogP contribution in [-0.4, -0.2) is 10.9 Å². The Labute approximate surface area is 106 Å². The van der Waals surface area contributed by atoms with Crippen molar-refractivity contribution in [3.05, 3.63) is 58.9 Å². The summed E-state index contributed by atoms with van der Waals surface area (Å²) < 4.78 is 26.3. The number of benzene rings is 1. The summed E-state index contributed by atoms with van der Waals surface area (Å²) in [5, 5.41) is 2.37. The van der Waals surface area contributed by atoms with Crippen LogP contribution in [0.25, 0.3) is 0 Å². The highest BCUT2D eigenvalue weighted by molar-refractivity contribution is 6.34. The predicted molar refractivity (Wildman–Crippen MR) is 63.6 cm³/mol. The minimum absolute atomic E-state index is 0.131. The lowest BCUT2D eigenvalue weighted by atomic mass is 10.2. The van der Waals surface area contributed by atoms with E-state index in [1.165, 1.54) is 30.6 Å². The van der Waals surface area contributed by atoms with Crippen LogP contribution in [0.4, 0.5) is 14.5 Å².